The average molecular weight is 292 g/mol. The summed E-state index contributed by atoms with van der Waals surface area (Å²) in [6, 6.07) is 0. The van der Waals surface area contributed by atoms with E-state index in [9.17, 15) is 9.59 Å². The second-order valence-corrected chi connectivity index (χ2v) is 7.14. The lowest BCUT2D eigenvalue weighted by atomic mass is 9.92. The largest absolute Gasteiger partial charge is 0.458 e. The summed E-state index contributed by atoms with van der Waals surface area (Å²) in [6.45, 7) is 3.72. The van der Waals surface area contributed by atoms with Crippen molar-refractivity contribution in [2.75, 3.05) is 0 Å². The van der Waals surface area contributed by atoms with Gasteiger partial charge in [-0.15, -0.1) is 0 Å². The Kier molecular flexibility index (Phi) is 3.80. The molecule has 2 bridgehead atoms. The highest BCUT2D eigenvalue weighted by atomic mass is 16.6. The highest BCUT2D eigenvalue weighted by molar-refractivity contribution is 5.75. The third kappa shape index (κ3) is 2.99. The molecule has 1 aliphatic heterocycles. The fourth-order valence-corrected chi connectivity index (χ4v) is 3.82. The number of hydrogen-bond donors (Lipinski definition) is 0. The number of esters is 2. The summed E-state index contributed by atoms with van der Waals surface area (Å²) in [6.07, 6.45) is 9.06. The lowest BCUT2D eigenvalue weighted by molar-refractivity contribution is -0.184. The molecular weight excluding hydrogens is 268 g/mol. The normalized spacial score (nSPS) is 35.4. The van der Waals surface area contributed by atoms with Gasteiger partial charge in [-0.2, -0.15) is 0 Å². The summed E-state index contributed by atoms with van der Waals surface area (Å²) >= 11 is 0. The average Bonchev–Trinajstić information content (AvgIpc) is 2.97. The summed E-state index contributed by atoms with van der Waals surface area (Å²) in [5.41, 5.74) is -0.747. The van der Waals surface area contributed by atoms with Crippen molar-refractivity contribution in [3.05, 3.63) is 12.2 Å². The summed E-state index contributed by atoms with van der Waals surface area (Å²) in [7, 11) is 0. The molecule has 1 heterocycles. The third-order valence-electron chi connectivity index (χ3n) is 5.09. The summed E-state index contributed by atoms with van der Waals surface area (Å²) in [5, 5.41) is 0. The Labute approximate surface area is 125 Å². The molecule has 3 rings (SSSR count). The first-order valence-corrected chi connectivity index (χ1v) is 8.06. The maximum Gasteiger partial charge on any atom is 0.310 e. The minimum atomic E-state index is -0.747. The zero-order valence-electron chi connectivity index (χ0n) is 12.8. The van der Waals surface area contributed by atoms with E-state index in [4.69, 9.17) is 9.47 Å². The summed E-state index contributed by atoms with van der Waals surface area (Å²) in [4.78, 5) is 24.1. The molecule has 1 saturated heterocycles. The molecule has 3 aliphatic rings. The molecule has 116 valence electrons. The van der Waals surface area contributed by atoms with Gasteiger partial charge >= 0.3 is 11.9 Å². The van der Waals surface area contributed by atoms with Crippen LogP contribution in [-0.4, -0.2) is 23.6 Å². The van der Waals surface area contributed by atoms with Crippen molar-refractivity contribution < 1.29 is 19.1 Å². The molecular formula is C17H24O4. The fourth-order valence-electron chi connectivity index (χ4n) is 3.82. The summed E-state index contributed by atoms with van der Waals surface area (Å²) in [5.74, 6) is 0.573. The van der Waals surface area contributed by atoms with E-state index in [-0.39, 0.29) is 24.0 Å². The van der Waals surface area contributed by atoms with Gasteiger partial charge in [0.25, 0.3) is 0 Å². The first-order chi connectivity index (χ1) is 9.95. The van der Waals surface area contributed by atoms with Crippen LogP contribution in [0.3, 0.4) is 0 Å². The molecule has 4 unspecified atom stereocenters. The van der Waals surface area contributed by atoms with Crippen molar-refractivity contribution in [3.63, 3.8) is 0 Å². The molecule has 0 spiro atoms. The van der Waals surface area contributed by atoms with Crippen LogP contribution in [0.1, 0.15) is 52.4 Å². The van der Waals surface area contributed by atoms with Crippen LogP contribution in [0, 0.1) is 17.8 Å². The van der Waals surface area contributed by atoms with Crippen molar-refractivity contribution >= 4 is 11.9 Å². The number of ether oxygens (including phenoxy) is 2. The van der Waals surface area contributed by atoms with Crippen LogP contribution in [0.15, 0.2) is 12.2 Å². The number of carbonyl (C=O) groups excluding carboxylic acids is 2. The van der Waals surface area contributed by atoms with Crippen molar-refractivity contribution in [2.24, 2.45) is 17.8 Å². The van der Waals surface area contributed by atoms with Crippen LogP contribution < -0.4 is 0 Å². The van der Waals surface area contributed by atoms with Gasteiger partial charge in [0.05, 0.1) is 5.92 Å². The van der Waals surface area contributed by atoms with Crippen molar-refractivity contribution in [1.29, 1.82) is 0 Å². The van der Waals surface area contributed by atoms with Gasteiger partial charge < -0.3 is 9.47 Å². The monoisotopic (exact) mass is 292 g/mol. The number of cyclic esters (lactones) is 1. The van der Waals surface area contributed by atoms with E-state index < -0.39 is 5.60 Å². The lowest BCUT2D eigenvalue weighted by Crippen LogP contribution is -2.44. The molecule has 0 N–H and O–H groups in total. The minimum absolute atomic E-state index is 0.0132. The van der Waals surface area contributed by atoms with Gasteiger partial charge in [-0.1, -0.05) is 12.2 Å². The molecule has 2 fully saturated rings. The Morgan fingerprint density at radius 2 is 2.10 bits per heavy atom. The quantitative estimate of drug-likeness (QED) is 0.592. The lowest BCUT2D eigenvalue weighted by Gasteiger charge is -2.34. The molecule has 4 atom stereocenters. The molecule has 2 aliphatic carbocycles. The molecule has 0 amide bonds. The molecule has 0 aromatic heterocycles. The van der Waals surface area contributed by atoms with Crippen LogP contribution in [0.5, 0.6) is 0 Å². The highest BCUT2D eigenvalue weighted by Crippen LogP contribution is 2.44. The number of rotatable bonds is 3. The molecule has 0 aromatic rings. The second-order valence-electron chi connectivity index (χ2n) is 7.14. The van der Waals surface area contributed by atoms with E-state index in [0.717, 1.165) is 32.1 Å². The van der Waals surface area contributed by atoms with Gasteiger partial charge in [-0.3, -0.25) is 9.59 Å². The first kappa shape index (κ1) is 14.6. The van der Waals surface area contributed by atoms with E-state index in [1.54, 1.807) is 0 Å². The van der Waals surface area contributed by atoms with Crippen molar-refractivity contribution in [2.45, 2.75) is 64.1 Å². The van der Waals surface area contributed by atoms with Crippen LogP contribution in [0.25, 0.3) is 0 Å². The van der Waals surface area contributed by atoms with Gasteiger partial charge in [0.15, 0.2) is 0 Å². The Hall–Kier alpha value is -1.32. The van der Waals surface area contributed by atoms with Crippen LogP contribution in [-0.2, 0) is 19.1 Å². The highest BCUT2D eigenvalue weighted by Gasteiger charge is 2.44. The van der Waals surface area contributed by atoms with E-state index in [1.165, 1.54) is 0 Å². The topological polar surface area (TPSA) is 52.6 Å². The Morgan fingerprint density at radius 3 is 2.76 bits per heavy atom. The van der Waals surface area contributed by atoms with Crippen LogP contribution in [0.4, 0.5) is 0 Å². The molecule has 4 heteroatoms. The van der Waals surface area contributed by atoms with Crippen LogP contribution in [0.2, 0.25) is 0 Å². The molecule has 0 aromatic carbocycles. The first-order valence-electron chi connectivity index (χ1n) is 8.06. The number of fused-ring (bicyclic) bond motifs is 2. The second kappa shape index (κ2) is 5.47. The SMILES string of the molecule is CC(C)(OC(=O)C1CC2C=CC1C2)C1CCCCC(=O)O1. The maximum atomic E-state index is 12.5. The van der Waals surface area contributed by atoms with Crippen LogP contribution >= 0.6 is 0 Å². The smallest absolute Gasteiger partial charge is 0.310 e. The predicted molar refractivity (Wildman–Crippen MR) is 77.4 cm³/mol. The van der Waals surface area contributed by atoms with E-state index in [0.29, 0.717) is 18.3 Å². The molecule has 1 saturated carbocycles. The van der Waals surface area contributed by atoms with E-state index in [1.807, 2.05) is 13.8 Å². The number of hydrogen-bond acceptors (Lipinski definition) is 4. The summed E-state index contributed by atoms with van der Waals surface area (Å²) < 4.78 is 11.2. The number of allylic oxidation sites excluding steroid dienone is 2. The van der Waals surface area contributed by atoms with Gasteiger partial charge in [0.1, 0.15) is 11.7 Å². The van der Waals surface area contributed by atoms with E-state index in [2.05, 4.69) is 12.2 Å². The van der Waals surface area contributed by atoms with Crippen molar-refractivity contribution in [3.8, 4) is 0 Å². The molecule has 0 radical (unpaired) electrons. The molecule has 4 nitrogen and oxygen atoms in total. The third-order valence-corrected chi connectivity index (χ3v) is 5.09. The van der Waals surface area contributed by atoms with Gasteiger partial charge in [-0.05, 0) is 57.8 Å². The van der Waals surface area contributed by atoms with Crippen molar-refractivity contribution in [1.82, 2.24) is 0 Å². The zero-order chi connectivity index (χ0) is 15.0. The molecule has 21 heavy (non-hydrogen) atoms. The Bertz CT molecular complexity index is 465. The maximum absolute atomic E-state index is 12.5. The van der Waals surface area contributed by atoms with Gasteiger partial charge in [-0.25, -0.2) is 0 Å². The predicted octanol–water partition coefficient (Wildman–Crippen LogP) is 3.01. The fraction of sp³-hybridized carbons (Fsp3) is 0.765. The van der Waals surface area contributed by atoms with Gasteiger partial charge in [0.2, 0.25) is 0 Å². The van der Waals surface area contributed by atoms with Gasteiger partial charge in [0, 0.05) is 6.42 Å². The van der Waals surface area contributed by atoms with E-state index >= 15 is 0 Å². The minimum Gasteiger partial charge on any atom is -0.458 e. The zero-order valence-corrected chi connectivity index (χ0v) is 12.8. The number of carbonyl (C=O) groups is 2. The standard InChI is InChI=1S/C17H24O4/c1-17(2,14-5-3-4-6-15(18)20-14)21-16(19)13-10-11-7-8-12(13)9-11/h7-8,11-14H,3-6,9-10H2,1-2H3. The Balaban J connectivity index is 1.63. The Morgan fingerprint density at radius 1 is 1.29 bits per heavy atom.